The number of carbonyl (C=O) groups is 3. The molecule has 0 saturated heterocycles. The Balaban J connectivity index is 1.59. The molecule has 0 aliphatic carbocycles. The largest absolute Gasteiger partial charge is 0.343 e. The van der Waals surface area contributed by atoms with Crippen molar-refractivity contribution in [2.45, 2.75) is 13.8 Å². The van der Waals surface area contributed by atoms with Crippen LogP contribution in [0.25, 0.3) is 5.69 Å². The summed E-state index contributed by atoms with van der Waals surface area (Å²) in [5, 5.41) is 2.28. The molecule has 0 spiro atoms. The highest BCUT2D eigenvalue weighted by molar-refractivity contribution is 5.98. The van der Waals surface area contributed by atoms with Crippen molar-refractivity contribution in [1.29, 1.82) is 0 Å². The van der Waals surface area contributed by atoms with Gasteiger partial charge in [-0.1, -0.05) is 12.1 Å². The molecule has 3 N–H and O–H groups in total. The van der Waals surface area contributed by atoms with Gasteiger partial charge >= 0.3 is 0 Å². The zero-order valence-electron chi connectivity index (χ0n) is 16.8. The van der Waals surface area contributed by atoms with Crippen LogP contribution in [-0.4, -0.2) is 28.8 Å². The molecule has 3 aromatic rings. The van der Waals surface area contributed by atoms with Gasteiger partial charge in [-0.2, -0.15) is 0 Å². The summed E-state index contributed by atoms with van der Waals surface area (Å²) in [4.78, 5) is 36.3. The van der Waals surface area contributed by atoms with Gasteiger partial charge in [0.15, 0.2) is 0 Å². The third-order valence-electron chi connectivity index (χ3n) is 4.60. The summed E-state index contributed by atoms with van der Waals surface area (Å²) in [6.07, 6.45) is 0. The second kappa shape index (κ2) is 9.21. The first-order valence-electron chi connectivity index (χ1n) is 9.34. The molecule has 3 rings (SSSR count). The number of amides is 3. The molecule has 0 atom stereocenters. The number of carbonyl (C=O) groups excluding carboxylic acids is 3. The minimum atomic E-state index is -0.748. The lowest BCUT2D eigenvalue weighted by Crippen LogP contribution is -2.46. The number of nitrogens with one attached hydrogen (secondary N) is 3. The maximum absolute atomic E-state index is 13.6. The highest BCUT2D eigenvalue weighted by atomic mass is 19.1. The quantitative estimate of drug-likeness (QED) is 0.548. The molecule has 160 valence electrons. The zero-order chi connectivity index (χ0) is 22.5. The molecule has 1 heterocycles. The van der Waals surface area contributed by atoms with Crippen LogP contribution in [0.3, 0.4) is 0 Å². The summed E-state index contributed by atoms with van der Waals surface area (Å²) in [6.45, 7) is 3.06. The fourth-order valence-electron chi connectivity index (χ4n) is 3.12. The summed E-state index contributed by atoms with van der Waals surface area (Å²) in [5.74, 6) is -3.07. The first-order valence-corrected chi connectivity index (χ1v) is 9.34. The van der Waals surface area contributed by atoms with Crippen molar-refractivity contribution in [3.05, 3.63) is 88.7 Å². The smallest absolute Gasteiger partial charge is 0.271 e. The van der Waals surface area contributed by atoms with Crippen molar-refractivity contribution in [3.63, 3.8) is 0 Å². The second-order valence-electron chi connectivity index (χ2n) is 6.76. The highest BCUT2D eigenvalue weighted by Gasteiger charge is 2.18. The average Bonchev–Trinajstić information content (AvgIpc) is 3.05. The van der Waals surface area contributed by atoms with Crippen molar-refractivity contribution in [3.8, 4) is 5.69 Å². The fraction of sp³-hybridized carbons (Fsp3) is 0.136. The van der Waals surface area contributed by atoms with Crippen LogP contribution in [0.4, 0.5) is 8.78 Å². The predicted molar refractivity (Wildman–Crippen MR) is 110 cm³/mol. The molecule has 1 aromatic heterocycles. The molecular weight excluding hydrogens is 406 g/mol. The molecule has 0 aliphatic rings. The van der Waals surface area contributed by atoms with Gasteiger partial charge in [-0.15, -0.1) is 0 Å². The lowest BCUT2D eigenvalue weighted by molar-refractivity contribution is -0.120. The fourth-order valence-corrected chi connectivity index (χ4v) is 3.12. The molecular formula is C22H20F2N4O3. The SMILES string of the molecule is Cc1cc(C(=O)NNC(=O)CNC(=O)c2ccccc2F)c(C)n1-c1ccc(F)cc1. The third-order valence-corrected chi connectivity index (χ3v) is 4.60. The van der Waals surface area contributed by atoms with Crippen LogP contribution in [0.2, 0.25) is 0 Å². The van der Waals surface area contributed by atoms with E-state index in [9.17, 15) is 23.2 Å². The number of rotatable bonds is 5. The van der Waals surface area contributed by atoms with Gasteiger partial charge in [-0.3, -0.25) is 25.2 Å². The van der Waals surface area contributed by atoms with Gasteiger partial charge in [-0.25, -0.2) is 8.78 Å². The Labute approximate surface area is 177 Å². The first kappa shape index (κ1) is 21.7. The second-order valence-corrected chi connectivity index (χ2v) is 6.76. The topological polar surface area (TPSA) is 92.2 Å². The molecule has 9 heteroatoms. The minimum Gasteiger partial charge on any atom is -0.343 e. The summed E-state index contributed by atoms with van der Waals surface area (Å²) in [5.41, 5.74) is 6.65. The van der Waals surface area contributed by atoms with Gasteiger partial charge in [0.2, 0.25) is 0 Å². The Kier molecular flexibility index (Phi) is 6.44. The molecule has 0 fully saturated rings. The summed E-state index contributed by atoms with van der Waals surface area (Å²) < 4.78 is 28.5. The van der Waals surface area contributed by atoms with E-state index in [1.54, 1.807) is 36.6 Å². The van der Waals surface area contributed by atoms with Gasteiger partial charge in [-0.05, 0) is 56.3 Å². The summed E-state index contributed by atoms with van der Waals surface area (Å²) in [7, 11) is 0. The monoisotopic (exact) mass is 426 g/mol. The highest BCUT2D eigenvalue weighted by Crippen LogP contribution is 2.21. The molecule has 0 saturated carbocycles. The van der Waals surface area contributed by atoms with Gasteiger partial charge < -0.3 is 9.88 Å². The Hall–Kier alpha value is -4.01. The molecule has 0 unspecified atom stereocenters. The van der Waals surface area contributed by atoms with E-state index in [-0.39, 0.29) is 11.4 Å². The Bertz CT molecular complexity index is 1140. The van der Waals surface area contributed by atoms with Crippen molar-refractivity contribution in [1.82, 2.24) is 20.7 Å². The maximum atomic E-state index is 13.6. The van der Waals surface area contributed by atoms with Crippen LogP contribution in [0.15, 0.2) is 54.6 Å². The van der Waals surface area contributed by atoms with Crippen LogP contribution in [0.5, 0.6) is 0 Å². The number of benzene rings is 2. The van der Waals surface area contributed by atoms with Crippen LogP contribution >= 0.6 is 0 Å². The predicted octanol–water partition coefficient (Wildman–Crippen LogP) is 2.56. The number of hydrazine groups is 1. The van der Waals surface area contributed by atoms with Crippen molar-refractivity contribution < 1.29 is 23.2 Å². The molecule has 31 heavy (non-hydrogen) atoms. The van der Waals surface area contributed by atoms with E-state index >= 15 is 0 Å². The summed E-state index contributed by atoms with van der Waals surface area (Å²) >= 11 is 0. The molecule has 0 bridgehead atoms. The van der Waals surface area contributed by atoms with Crippen molar-refractivity contribution in [2.24, 2.45) is 0 Å². The Morgan fingerprint density at radius 2 is 1.55 bits per heavy atom. The Morgan fingerprint density at radius 1 is 0.871 bits per heavy atom. The molecule has 2 aromatic carbocycles. The van der Waals surface area contributed by atoms with Crippen LogP contribution in [0.1, 0.15) is 32.1 Å². The van der Waals surface area contributed by atoms with Gasteiger partial charge in [0.05, 0.1) is 17.7 Å². The number of hydrogen-bond acceptors (Lipinski definition) is 3. The lowest BCUT2D eigenvalue weighted by Gasteiger charge is -2.11. The zero-order valence-corrected chi connectivity index (χ0v) is 16.8. The minimum absolute atomic E-state index is 0.187. The molecule has 0 radical (unpaired) electrons. The maximum Gasteiger partial charge on any atom is 0.271 e. The Morgan fingerprint density at radius 3 is 2.23 bits per heavy atom. The lowest BCUT2D eigenvalue weighted by atomic mass is 10.2. The van der Waals surface area contributed by atoms with E-state index in [2.05, 4.69) is 16.2 Å². The van der Waals surface area contributed by atoms with Gasteiger partial charge in [0, 0.05) is 17.1 Å². The molecule has 0 aliphatic heterocycles. The normalized spacial score (nSPS) is 10.5. The van der Waals surface area contributed by atoms with Crippen LogP contribution in [-0.2, 0) is 4.79 Å². The van der Waals surface area contributed by atoms with E-state index < -0.39 is 30.1 Å². The molecule has 3 amide bonds. The van der Waals surface area contributed by atoms with E-state index in [1.807, 2.05) is 0 Å². The van der Waals surface area contributed by atoms with E-state index in [0.717, 1.165) is 11.8 Å². The van der Waals surface area contributed by atoms with E-state index in [0.29, 0.717) is 16.9 Å². The standard InChI is InChI=1S/C22H20F2N4O3/c1-13-11-18(14(2)28(13)16-9-7-15(23)8-10-16)22(31)27-26-20(29)12-25-21(30)17-5-3-4-6-19(17)24/h3-11H,12H2,1-2H3,(H,25,30)(H,26,29)(H,27,31). The van der Waals surface area contributed by atoms with E-state index in [1.165, 1.54) is 30.3 Å². The number of halogens is 2. The van der Waals surface area contributed by atoms with Crippen molar-refractivity contribution >= 4 is 17.7 Å². The first-order chi connectivity index (χ1) is 14.8. The van der Waals surface area contributed by atoms with Crippen LogP contribution in [0, 0.1) is 25.5 Å². The third kappa shape index (κ3) is 4.95. The van der Waals surface area contributed by atoms with E-state index in [4.69, 9.17) is 0 Å². The van der Waals surface area contributed by atoms with Crippen molar-refractivity contribution in [2.75, 3.05) is 6.54 Å². The van der Waals surface area contributed by atoms with Gasteiger partial charge in [0.1, 0.15) is 11.6 Å². The van der Waals surface area contributed by atoms with Crippen LogP contribution < -0.4 is 16.2 Å². The number of nitrogens with zero attached hydrogens (tertiary/aromatic N) is 1. The average molecular weight is 426 g/mol. The number of aryl methyl sites for hydroxylation is 1. The molecule has 7 nitrogen and oxygen atoms in total. The number of aromatic nitrogens is 1. The summed E-state index contributed by atoms with van der Waals surface area (Å²) in [6, 6.07) is 12.8. The van der Waals surface area contributed by atoms with Gasteiger partial charge in [0.25, 0.3) is 17.7 Å². The number of hydrogen-bond donors (Lipinski definition) is 3.